The zero-order chi connectivity index (χ0) is 25.2. The van der Waals surface area contributed by atoms with E-state index in [4.69, 9.17) is 25.8 Å². The SMILES string of the molecule is CCOc1ccccc1NC(=O)C(=O)N/N=C\c1cccc(OC)c1OCc1c(F)cccc1Cl. The zero-order valence-corrected chi connectivity index (χ0v) is 19.8. The highest BCUT2D eigenvalue weighted by molar-refractivity contribution is 6.39. The number of nitrogens with zero attached hydrogens (tertiary/aromatic N) is 1. The van der Waals surface area contributed by atoms with E-state index < -0.39 is 17.6 Å². The monoisotopic (exact) mass is 499 g/mol. The lowest BCUT2D eigenvalue weighted by atomic mass is 10.2. The number of carbonyl (C=O) groups excluding carboxylic acids is 2. The summed E-state index contributed by atoms with van der Waals surface area (Å²) in [5.74, 6) is -1.37. The topological polar surface area (TPSA) is 98.2 Å². The lowest BCUT2D eigenvalue weighted by Gasteiger charge is -2.14. The van der Waals surface area contributed by atoms with E-state index in [2.05, 4.69) is 15.8 Å². The summed E-state index contributed by atoms with van der Waals surface area (Å²) in [5, 5.41) is 6.54. The van der Waals surface area contributed by atoms with Crippen molar-refractivity contribution in [3.63, 3.8) is 0 Å². The van der Waals surface area contributed by atoms with Crippen molar-refractivity contribution < 1.29 is 28.2 Å². The first kappa shape index (κ1) is 25.5. The highest BCUT2D eigenvalue weighted by Gasteiger charge is 2.16. The fraction of sp³-hybridized carbons (Fsp3) is 0.160. The molecule has 0 unspecified atom stereocenters. The number of anilines is 1. The van der Waals surface area contributed by atoms with Crippen molar-refractivity contribution in [3.05, 3.63) is 82.6 Å². The van der Waals surface area contributed by atoms with Crippen molar-refractivity contribution in [2.45, 2.75) is 13.5 Å². The maximum absolute atomic E-state index is 14.1. The van der Waals surface area contributed by atoms with Crippen LogP contribution in [-0.4, -0.2) is 31.7 Å². The van der Waals surface area contributed by atoms with E-state index in [1.165, 1.54) is 25.5 Å². The van der Waals surface area contributed by atoms with Crippen molar-refractivity contribution in [1.82, 2.24) is 5.43 Å². The van der Waals surface area contributed by atoms with Crippen molar-refractivity contribution in [3.8, 4) is 17.2 Å². The molecular formula is C25H23ClFN3O5. The second-order valence-electron chi connectivity index (χ2n) is 6.95. The normalized spacial score (nSPS) is 10.6. The Kier molecular flexibility index (Phi) is 9.02. The van der Waals surface area contributed by atoms with Gasteiger partial charge in [0.1, 0.15) is 18.2 Å². The van der Waals surface area contributed by atoms with Gasteiger partial charge in [0.05, 0.1) is 30.6 Å². The summed E-state index contributed by atoms with van der Waals surface area (Å²) in [4.78, 5) is 24.5. The van der Waals surface area contributed by atoms with Crippen molar-refractivity contribution >= 4 is 35.3 Å². The van der Waals surface area contributed by atoms with Crippen LogP contribution in [0.2, 0.25) is 5.02 Å². The number of halogens is 2. The van der Waals surface area contributed by atoms with E-state index >= 15 is 0 Å². The number of hydrogen-bond acceptors (Lipinski definition) is 6. The molecule has 0 aliphatic heterocycles. The smallest absolute Gasteiger partial charge is 0.329 e. The Labute approximate surface area is 206 Å². The minimum absolute atomic E-state index is 0.166. The van der Waals surface area contributed by atoms with Crippen LogP contribution in [0.1, 0.15) is 18.1 Å². The third-order valence-corrected chi connectivity index (χ3v) is 5.02. The number of rotatable bonds is 9. The van der Waals surface area contributed by atoms with E-state index in [-0.39, 0.29) is 22.9 Å². The number of benzene rings is 3. The van der Waals surface area contributed by atoms with Crippen LogP contribution in [0.5, 0.6) is 17.2 Å². The van der Waals surface area contributed by atoms with E-state index in [0.717, 1.165) is 0 Å². The van der Waals surface area contributed by atoms with Gasteiger partial charge in [-0.1, -0.05) is 35.9 Å². The van der Waals surface area contributed by atoms with Gasteiger partial charge < -0.3 is 19.5 Å². The zero-order valence-electron chi connectivity index (χ0n) is 19.0. The molecule has 2 amide bonds. The molecule has 10 heteroatoms. The Morgan fingerprint density at radius 2 is 1.74 bits per heavy atom. The van der Waals surface area contributed by atoms with Crippen molar-refractivity contribution in [2.75, 3.05) is 19.0 Å². The second-order valence-corrected chi connectivity index (χ2v) is 7.36. The molecule has 0 heterocycles. The molecule has 0 radical (unpaired) electrons. The first-order valence-electron chi connectivity index (χ1n) is 10.5. The van der Waals surface area contributed by atoms with E-state index in [0.29, 0.717) is 29.4 Å². The molecule has 0 saturated heterocycles. The summed E-state index contributed by atoms with van der Waals surface area (Å²) in [6.45, 7) is 2.04. The quantitative estimate of drug-likeness (QED) is 0.255. The number of carbonyl (C=O) groups is 2. The van der Waals surface area contributed by atoms with Gasteiger partial charge in [-0.15, -0.1) is 0 Å². The number of nitrogens with one attached hydrogen (secondary N) is 2. The number of hydrogen-bond donors (Lipinski definition) is 2. The molecule has 8 nitrogen and oxygen atoms in total. The Bertz CT molecular complexity index is 1220. The van der Waals surface area contributed by atoms with E-state index in [9.17, 15) is 14.0 Å². The predicted molar refractivity (Wildman–Crippen MR) is 131 cm³/mol. The maximum Gasteiger partial charge on any atom is 0.329 e. The summed E-state index contributed by atoms with van der Waals surface area (Å²) in [6, 6.07) is 16.1. The minimum Gasteiger partial charge on any atom is -0.493 e. The average Bonchev–Trinajstić information content (AvgIpc) is 2.85. The molecule has 0 aliphatic rings. The molecule has 0 atom stereocenters. The van der Waals surface area contributed by atoms with Gasteiger partial charge in [-0.2, -0.15) is 5.10 Å². The molecule has 3 aromatic rings. The van der Waals surface area contributed by atoms with E-state index in [1.54, 1.807) is 48.5 Å². The molecule has 0 aromatic heterocycles. The molecule has 182 valence electrons. The molecule has 0 saturated carbocycles. The van der Waals surface area contributed by atoms with Gasteiger partial charge >= 0.3 is 11.8 Å². The Morgan fingerprint density at radius 1 is 1.00 bits per heavy atom. The first-order chi connectivity index (χ1) is 16.9. The average molecular weight is 500 g/mol. The summed E-state index contributed by atoms with van der Waals surface area (Å²) in [5.41, 5.74) is 3.11. The minimum atomic E-state index is -0.990. The molecule has 0 bridgehead atoms. The lowest BCUT2D eigenvalue weighted by molar-refractivity contribution is -0.136. The Morgan fingerprint density at radius 3 is 2.49 bits per heavy atom. The summed E-state index contributed by atoms with van der Waals surface area (Å²) >= 11 is 6.07. The number of ether oxygens (including phenoxy) is 3. The van der Waals surface area contributed by atoms with Gasteiger partial charge in [-0.25, -0.2) is 9.82 Å². The maximum atomic E-state index is 14.1. The molecule has 3 rings (SSSR count). The molecule has 2 N–H and O–H groups in total. The van der Waals surface area contributed by atoms with Crippen molar-refractivity contribution in [2.24, 2.45) is 5.10 Å². The Hall–Kier alpha value is -4.11. The van der Waals surface area contributed by atoms with Crippen molar-refractivity contribution in [1.29, 1.82) is 0 Å². The van der Waals surface area contributed by atoms with Crippen LogP contribution < -0.4 is 25.0 Å². The predicted octanol–water partition coefficient (Wildman–Crippen LogP) is 4.55. The summed E-state index contributed by atoms with van der Waals surface area (Å²) in [7, 11) is 1.45. The van der Waals surface area contributed by atoms with E-state index in [1.807, 2.05) is 6.92 Å². The molecule has 0 fully saturated rings. The van der Waals surface area contributed by atoms with Gasteiger partial charge in [-0.3, -0.25) is 9.59 Å². The first-order valence-corrected chi connectivity index (χ1v) is 10.9. The van der Waals surface area contributed by atoms with Gasteiger partial charge in [0.2, 0.25) is 0 Å². The van der Waals surface area contributed by atoms with Gasteiger partial charge in [-0.05, 0) is 43.3 Å². The van der Waals surface area contributed by atoms with Crippen LogP contribution in [0, 0.1) is 5.82 Å². The summed E-state index contributed by atoms with van der Waals surface area (Å²) in [6.07, 6.45) is 1.28. The number of para-hydroxylation sites is 3. The number of methoxy groups -OCH3 is 1. The van der Waals surface area contributed by atoms with Gasteiger partial charge in [0.15, 0.2) is 11.5 Å². The van der Waals surface area contributed by atoms with Crippen LogP contribution in [0.15, 0.2) is 65.8 Å². The van der Waals surface area contributed by atoms with Gasteiger partial charge in [0.25, 0.3) is 0 Å². The third-order valence-electron chi connectivity index (χ3n) is 4.66. The van der Waals surface area contributed by atoms with Crippen LogP contribution in [0.3, 0.4) is 0 Å². The Balaban J connectivity index is 1.69. The van der Waals surface area contributed by atoms with Gasteiger partial charge in [0, 0.05) is 11.1 Å². The fourth-order valence-corrected chi connectivity index (χ4v) is 3.22. The number of amides is 2. The lowest BCUT2D eigenvalue weighted by Crippen LogP contribution is -2.32. The molecule has 0 spiro atoms. The third kappa shape index (κ3) is 6.70. The highest BCUT2D eigenvalue weighted by atomic mass is 35.5. The molecular weight excluding hydrogens is 477 g/mol. The highest BCUT2D eigenvalue weighted by Crippen LogP contribution is 2.32. The second kappa shape index (κ2) is 12.4. The van der Waals surface area contributed by atoms with Crippen LogP contribution in [0.4, 0.5) is 10.1 Å². The van der Waals surface area contributed by atoms with Crippen LogP contribution >= 0.6 is 11.6 Å². The van der Waals surface area contributed by atoms with Crippen LogP contribution in [0.25, 0.3) is 0 Å². The molecule has 35 heavy (non-hydrogen) atoms. The number of hydrazone groups is 1. The summed E-state index contributed by atoms with van der Waals surface area (Å²) < 4.78 is 30.6. The van der Waals surface area contributed by atoms with Crippen LogP contribution in [-0.2, 0) is 16.2 Å². The largest absolute Gasteiger partial charge is 0.493 e. The standard InChI is InChI=1S/C25H23ClFN3O5/c1-3-34-21-12-5-4-11-20(21)29-24(31)25(32)30-28-14-16-8-6-13-22(33-2)23(16)35-15-17-18(26)9-7-10-19(17)27/h4-14H,3,15H2,1-2H3,(H,29,31)(H,30,32)/b28-14-. The fourth-order valence-electron chi connectivity index (χ4n) is 3.01. The molecule has 0 aliphatic carbocycles. The molecule has 3 aromatic carbocycles.